The summed E-state index contributed by atoms with van der Waals surface area (Å²) < 4.78 is 0. The van der Waals surface area contributed by atoms with Crippen LogP contribution in [-0.2, 0) is 9.59 Å². The van der Waals surface area contributed by atoms with E-state index >= 15 is 0 Å². The number of amides is 2. The lowest BCUT2D eigenvalue weighted by Gasteiger charge is -2.27. The molecule has 0 saturated heterocycles. The van der Waals surface area contributed by atoms with Gasteiger partial charge < -0.3 is 36.0 Å². The van der Waals surface area contributed by atoms with Crippen molar-refractivity contribution in [3.8, 4) is 0 Å². The largest absolute Gasteiger partial charge is 0.392 e. The van der Waals surface area contributed by atoms with E-state index in [0.717, 1.165) is 115 Å². The fourth-order valence-electron chi connectivity index (χ4n) is 9.88. The molecule has 442 valence electrons. The van der Waals surface area contributed by atoms with Crippen LogP contribution in [0.3, 0.4) is 0 Å². The van der Waals surface area contributed by atoms with E-state index in [-0.39, 0.29) is 24.0 Å². The molecule has 0 aromatic rings. The van der Waals surface area contributed by atoms with Gasteiger partial charge in [0.15, 0.2) is 0 Å². The van der Waals surface area contributed by atoms with Gasteiger partial charge >= 0.3 is 0 Å². The van der Waals surface area contributed by atoms with Gasteiger partial charge in [-0.1, -0.05) is 229 Å². The van der Waals surface area contributed by atoms with Crippen LogP contribution in [0.4, 0.5) is 0 Å². The number of likely N-dealkylation sites (N-methyl/N-ethyl adjacent to an activating group) is 1. The van der Waals surface area contributed by atoms with E-state index in [4.69, 9.17) is 0 Å². The van der Waals surface area contributed by atoms with Crippen molar-refractivity contribution in [2.75, 3.05) is 78.0 Å². The Labute approximate surface area is 466 Å². The Bertz CT molecular complexity index is 1140. The van der Waals surface area contributed by atoms with E-state index in [1.54, 1.807) is 10.8 Å². The first-order valence-corrected chi connectivity index (χ1v) is 34.1. The van der Waals surface area contributed by atoms with Gasteiger partial charge in [-0.25, -0.2) is 0 Å². The second-order valence-corrected chi connectivity index (χ2v) is 25.3. The van der Waals surface area contributed by atoms with Gasteiger partial charge in [0.05, 0.1) is 24.4 Å². The summed E-state index contributed by atoms with van der Waals surface area (Å²) in [5, 5.41) is 50.2. The third kappa shape index (κ3) is 50.8. The lowest BCUT2D eigenvalue weighted by Crippen LogP contribution is -2.48. The molecule has 0 aliphatic carbocycles. The average molecular weight is 1090 g/mol. The number of rotatable bonds is 59. The summed E-state index contributed by atoms with van der Waals surface area (Å²) in [6.07, 6.45) is 40.5. The molecule has 0 aliphatic heterocycles. The molecular weight excluding hydrogens is 963 g/mol. The van der Waals surface area contributed by atoms with Crippen molar-refractivity contribution in [1.29, 1.82) is 0 Å². The van der Waals surface area contributed by atoms with Crippen LogP contribution >= 0.6 is 21.6 Å². The summed E-state index contributed by atoms with van der Waals surface area (Å²) in [4.78, 5) is 33.3. The molecule has 0 aromatic carbocycles. The lowest BCUT2D eigenvalue weighted by atomic mass is 10.0. The van der Waals surface area contributed by atoms with Gasteiger partial charge in [-0.15, -0.1) is 0 Å². The van der Waals surface area contributed by atoms with Gasteiger partial charge in [-0.3, -0.25) is 19.4 Å². The highest BCUT2D eigenvalue weighted by molar-refractivity contribution is 8.76. The zero-order chi connectivity index (χ0) is 54.5. The molecule has 5 unspecified atom stereocenters. The van der Waals surface area contributed by atoms with Crippen LogP contribution in [0.15, 0.2) is 0 Å². The SMILES string of the molecule is CCCCCCCCCCC(O)CN(CCCCSSCCC(NC(=O)CCCCN(CC(O)CCCCCCCC)CC(O)CCCCCCCC)C(=O)NCCN(C)C)CC(O)CCCCCCCCCC. The third-order valence-corrected chi connectivity index (χ3v) is 17.1. The molecule has 0 aliphatic rings. The summed E-state index contributed by atoms with van der Waals surface area (Å²) in [6.45, 7) is 14.2. The second kappa shape index (κ2) is 55.7. The smallest absolute Gasteiger partial charge is 0.242 e. The van der Waals surface area contributed by atoms with E-state index in [9.17, 15) is 30.0 Å². The van der Waals surface area contributed by atoms with Crippen LogP contribution in [0.1, 0.15) is 272 Å². The van der Waals surface area contributed by atoms with Crippen LogP contribution in [0, 0.1) is 0 Å². The molecule has 2 amide bonds. The highest BCUT2D eigenvalue weighted by Gasteiger charge is 2.22. The number of unbranched alkanes of at least 4 members (excludes halogenated alkanes) is 26. The Balaban J connectivity index is 5.13. The minimum absolute atomic E-state index is 0.108. The molecule has 0 heterocycles. The van der Waals surface area contributed by atoms with Crippen LogP contribution in [0.5, 0.6) is 0 Å². The summed E-state index contributed by atoms with van der Waals surface area (Å²) in [7, 11) is 7.54. The first-order chi connectivity index (χ1) is 35.9. The molecule has 6 N–H and O–H groups in total. The van der Waals surface area contributed by atoms with Gasteiger partial charge in [0.25, 0.3) is 0 Å². The second-order valence-electron chi connectivity index (χ2n) is 22.6. The van der Waals surface area contributed by atoms with Gasteiger partial charge in [-0.05, 0) is 85.0 Å². The molecule has 0 spiro atoms. The van der Waals surface area contributed by atoms with Crippen molar-refractivity contribution in [1.82, 2.24) is 25.3 Å². The normalized spacial score (nSPS) is 14.0. The topological polar surface area (TPSA) is 149 Å². The maximum atomic E-state index is 13.4. The monoisotopic (exact) mass is 1090 g/mol. The highest BCUT2D eigenvalue weighted by Crippen LogP contribution is 2.24. The standard InChI is InChI=1S/C61H125N5O6S2/c1-7-11-15-19-23-25-29-33-41-57(69)53-66(54-58(70)42-34-30-26-24-20-16-12-8-2)47-37-38-49-73-74-50-44-59(61(72)62-45-48-64(5)6)63-60(71)43-35-36-46-65(51-55(67)39-31-27-21-17-13-9-3)52-56(68)40-32-28-22-18-14-10-4/h55-59,67-70H,7-54H2,1-6H3,(H,62,72)(H,63,71). The number of carbonyl (C=O) groups excluding carboxylic acids is 2. The van der Waals surface area contributed by atoms with Crippen molar-refractivity contribution in [3.05, 3.63) is 0 Å². The molecule has 0 fully saturated rings. The molecule has 5 atom stereocenters. The fraction of sp³-hybridized carbons (Fsp3) is 0.967. The molecule has 0 saturated carbocycles. The van der Waals surface area contributed by atoms with E-state index in [1.807, 2.05) is 29.8 Å². The summed E-state index contributed by atoms with van der Waals surface area (Å²) >= 11 is 0. The molecular formula is C61H125N5O6S2. The molecule has 0 radical (unpaired) electrons. The maximum Gasteiger partial charge on any atom is 0.242 e. The number of hydrogen-bond donors (Lipinski definition) is 6. The number of aliphatic hydroxyl groups excluding tert-OH is 4. The Hall–Kier alpha value is -0.640. The Morgan fingerprint density at radius 1 is 0.405 bits per heavy atom. The summed E-state index contributed by atoms with van der Waals surface area (Å²) in [6, 6.07) is -0.591. The minimum atomic E-state index is -0.591. The van der Waals surface area contributed by atoms with E-state index in [1.165, 1.54) is 141 Å². The maximum absolute atomic E-state index is 13.4. The Morgan fingerprint density at radius 3 is 1.11 bits per heavy atom. The molecule has 0 bridgehead atoms. The number of hydrogen-bond acceptors (Lipinski definition) is 11. The fourth-order valence-corrected chi connectivity index (χ4v) is 12.1. The third-order valence-electron chi connectivity index (χ3n) is 14.6. The van der Waals surface area contributed by atoms with Crippen molar-refractivity contribution in [2.45, 2.75) is 302 Å². The molecule has 11 nitrogen and oxygen atoms in total. The predicted molar refractivity (Wildman–Crippen MR) is 323 cm³/mol. The van der Waals surface area contributed by atoms with Crippen molar-refractivity contribution in [3.63, 3.8) is 0 Å². The van der Waals surface area contributed by atoms with Crippen LogP contribution in [-0.4, -0.2) is 155 Å². The molecule has 74 heavy (non-hydrogen) atoms. The predicted octanol–water partition coefficient (Wildman–Crippen LogP) is 13.5. The van der Waals surface area contributed by atoms with Crippen LogP contribution in [0.25, 0.3) is 0 Å². The lowest BCUT2D eigenvalue weighted by molar-refractivity contribution is -0.129. The van der Waals surface area contributed by atoms with Gasteiger partial charge in [0.2, 0.25) is 11.8 Å². The van der Waals surface area contributed by atoms with E-state index < -0.39 is 18.2 Å². The number of nitrogens with one attached hydrogen (secondary N) is 2. The first kappa shape index (κ1) is 73.4. The first-order valence-electron chi connectivity index (χ1n) is 31.6. The summed E-state index contributed by atoms with van der Waals surface area (Å²) in [5.41, 5.74) is 0. The van der Waals surface area contributed by atoms with E-state index in [0.29, 0.717) is 52.0 Å². The van der Waals surface area contributed by atoms with Crippen molar-refractivity contribution in [2.24, 2.45) is 0 Å². The highest BCUT2D eigenvalue weighted by atomic mass is 33.1. The quantitative estimate of drug-likeness (QED) is 0.0255. The van der Waals surface area contributed by atoms with E-state index in [2.05, 4.69) is 48.1 Å². The van der Waals surface area contributed by atoms with Gasteiger partial charge in [0, 0.05) is 57.2 Å². The van der Waals surface area contributed by atoms with Crippen molar-refractivity contribution < 1.29 is 30.0 Å². The average Bonchev–Trinajstić information content (AvgIpc) is 3.36. The van der Waals surface area contributed by atoms with Gasteiger partial charge in [-0.2, -0.15) is 0 Å². The zero-order valence-electron chi connectivity index (χ0n) is 49.6. The minimum Gasteiger partial charge on any atom is -0.392 e. The van der Waals surface area contributed by atoms with Crippen LogP contribution in [0.2, 0.25) is 0 Å². The summed E-state index contributed by atoms with van der Waals surface area (Å²) in [5.74, 6) is 1.49. The number of nitrogens with zero attached hydrogens (tertiary/aromatic N) is 3. The molecule has 0 aromatic heterocycles. The Morgan fingerprint density at radius 2 is 0.743 bits per heavy atom. The zero-order valence-corrected chi connectivity index (χ0v) is 51.2. The number of aliphatic hydroxyl groups is 4. The molecule has 13 heteroatoms. The Kier molecular flexibility index (Phi) is 55.2. The molecule has 0 rings (SSSR count). The number of carbonyl (C=O) groups is 2. The van der Waals surface area contributed by atoms with Crippen molar-refractivity contribution >= 4 is 33.4 Å². The van der Waals surface area contributed by atoms with Crippen LogP contribution < -0.4 is 10.6 Å². The van der Waals surface area contributed by atoms with Gasteiger partial charge in [0.1, 0.15) is 6.04 Å².